The highest BCUT2D eigenvalue weighted by Crippen LogP contribution is 2.26. The predicted octanol–water partition coefficient (Wildman–Crippen LogP) is 9.44. The molecule has 0 unspecified atom stereocenters. The van der Waals surface area contributed by atoms with Gasteiger partial charge in [-0.2, -0.15) is 0 Å². The number of anilines is 3. The van der Waals surface area contributed by atoms with Gasteiger partial charge in [0, 0.05) is 23.5 Å². The number of benzene rings is 5. The zero-order valence-corrected chi connectivity index (χ0v) is 24.4. The normalized spacial score (nSPS) is 9.66. The Morgan fingerprint density at radius 1 is 0.660 bits per heavy atom. The van der Waals surface area contributed by atoms with Crippen molar-refractivity contribution in [3.63, 3.8) is 0 Å². The van der Waals surface area contributed by atoms with Gasteiger partial charge < -0.3 is 25.8 Å². The summed E-state index contributed by atoms with van der Waals surface area (Å²) in [5, 5.41) is 10.7. The van der Waals surface area contributed by atoms with Crippen molar-refractivity contribution in [1.29, 1.82) is 0 Å². The molecule has 0 atom stereocenters. The second-order valence-electron chi connectivity index (χ2n) is 9.02. The fraction of sp³-hybridized carbons (Fsp3) is 0.139. The van der Waals surface area contributed by atoms with Crippen LogP contribution < -0.4 is 31.0 Å². The van der Waals surface area contributed by atoms with Crippen molar-refractivity contribution in [2.45, 2.75) is 34.6 Å². The summed E-state index contributed by atoms with van der Waals surface area (Å²) in [6.45, 7) is -0.0257. The van der Waals surface area contributed by atoms with E-state index in [9.17, 15) is 13.2 Å². The summed E-state index contributed by atoms with van der Waals surface area (Å²) < 4.78 is 34.0. The molecule has 5 aromatic carbocycles. The fourth-order valence-electron chi connectivity index (χ4n) is 3.65. The molecule has 5 aromatic rings. The molecular weight excluding hydrogens is 636 g/mol. The van der Waals surface area contributed by atoms with Crippen molar-refractivity contribution in [3.05, 3.63) is 132 Å². The molecule has 252 valence electrons. The number of sulfonamides is 1. The molecule has 0 radical (unpaired) electrons. The van der Waals surface area contributed by atoms with Gasteiger partial charge in [0.05, 0.1) is 22.2 Å². The Bertz CT molecular complexity index is 1770. The molecule has 0 fully saturated rings. The Hall–Kier alpha value is -5.03. The maximum atomic E-state index is 12.2. The number of nitrogens with two attached hydrogens (primary N) is 2. The summed E-state index contributed by atoms with van der Waals surface area (Å²) in [5.41, 5.74) is 7.32. The van der Waals surface area contributed by atoms with E-state index in [1.807, 2.05) is 84.9 Å². The lowest BCUT2D eigenvalue weighted by Gasteiger charge is -2.11. The molecule has 9 nitrogen and oxygen atoms in total. The quantitative estimate of drug-likeness (QED) is 0.113. The van der Waals surface area contributed by atoms with Crippen LogP contribution in [0.1, 0.15) is 29.7 Å². The standard InChI is InChI=1S/C20H18ClN3O4S.C12H11NO.4CH4/c21-18-12-17(29(22,26)27)9-10-19(18)24-20(25)13-23-14-5-4-8-16(11-14)28-15-6-2-1-3-7-15;13-10-5-4-8-12(9-10)14-11-6-2-1-3-7-11;;;;/h1-12,23H,13H2,(H,24,25)(H2,22,26,27);1-9H,13H2;4*1H4. The number of nitrogens with one attached hydrogen (secondary N) is 2. The van der Waals surface area contributed by atoms with Gasteiger partial charge in [-0.05, 0) is 66.7 Å². The van der Waals surface area contributed by atoms with E-state index in [0.717, 1.165) is 11.5 Å². The minimum absolute atomic E-state index is 0. The summed E-state index contributed by atoms with van der Waals surface area (Å²) in [4.78, 5) is 12.1. The van der Waals surface area contributed by atoms with Crippen LogP contribution in [0.2, 0.25) is 5.02 Å². The molecule has 0 heterocycles. The number of amides is 1. The van der Waals surface area contributed by atoms with Crippen molar-refractivity contribution in [2.75, 3.05) is 22.9 Å². The van der Waals surface area contributed by atoms with Crippen molar-refractivity contribution in [3.8, 4) is 23.0 Å². The zero-order valence-electron chi connectivity index (χ0n) is 22.8. The number of rotatable bonds is 9. The molecule has 0 saturated carbocycles. The average molecular weight is 681 g/mol. The Morgan fingerprint density at radius 3 is 1.68 bits per heavy atom. The third kappa shape index (κ3) is 13.9. The van der Waals surface area contributed by atoms with E-state index in [2.05, 4.69) is 10.6 Å². The lowest BCUT2D eigenvalue weighted by atomic mass is 10.3. The summed E-state index contributed by atoms with van der Waals surface area (Å²) in [6.07, 6.45) is 0. The van der Waals surface area contributed by atoms with Gasteiger partial charge in [0.1, 0.15) is 23.0 Å². The first-order valence-corrected chi connectivity index (χ1v) is 14.9. The van der Waals surface area contributed by atoms with Crippen LogP contribution in [-0.4, -0.2) is 20.9 Å². The number of para-hydroxylation sites is 2. The Labute approximate surface area is 284 Å². The minimum atomic E-state index is -3.86. The molecule has 1 amide bonds. The van der Waals surface area contributed by atoms with E-state index in [0.29, 0.717) is 22.9 Å². The van der Waals surface area contributed by atoms with Crippen molar-refractivity contribution >= 4 is 44.6 Å². The van der Waals surface area contributed by atoms with Crippen molar-refractivity contribution in [1.82, 2.24) is 0 Å². The third-order valence-electron chi connectivity index (χ3n) is 5.65. The SMILES string of the molecule is C.C.C.C.NS(=O)(=O)c1ccc(NC(=O)CNc2cccc(Oc3ccccc3)c2)c(Cl)c1.Nc1cccc(Oc2ccccc2)c1. The number of primary sulfonamides is 1. The molecular formula is C36H45ClN4O5S. The lowest BCUT2D eigenvalue weighted by molar-refractivity contribution is -0.114. The molecule has 6 N–H and O–H groups in total. The molecule has 5 rings (SSSR count). The van der Waals surface area contributed by atoms with E-state index >= 15 is 0 Å². The Kier molecular flexibility index (Phi) is 18.0. The molecule has 0 aliphatic rings. The van der Waals surface area contributed by atoms with E-state index in [4.69, 9.17) is 31.9 Å². The molecule has 47 heavy (non-hydrogen) atoms. The first kappa shape index (κ1) is 42.0. The minimum Gasteiger partial charge on any atom is -0.457 e. The van der Waals surface area contributed by atoms with E-state index < -0.39 is 10.0 Å². The molecule has 0 saturated heterocycles. The van der Waals surface area contributed by atoms with Gasteiger partial charge in [-0.15, -0.1) is 0 Å². The summed E-state index contributed by atoms with van der Waals surface area (Å²) >= 11 is 6.02. The number of nitrogen functional groups attached to an aromatic ring is 1. The first-order valence-electron chi connectivity index (χ1n) is 12.9. The second-order valence-corrected chi connectivity index (χ2v) is 11.0. The number of ether oxygens (including phenoxy) is 2. The van der Waals surface area contributed by atoms with Crippen LogP contribution in [0.5, 0.6) is 23.0 Å². The van der Waals surface area contributed by atoms with Crippen molar-refractivity contribution in [2.24, 2.45) is 5.14 Å². The van der Waals surface area contributed by atoms with Crippen LogP contribution >= 0.6 is 11.6 Å². The van der Waals surface area contributed by atoms with Gasteiger partial charge >= 0.3 is 0 Å². The highest BCUT2D eigenvalue weighted by molar-refractivity contribution is 7.89. The first-order chi connectivity index (χ1) is 20.7. The smallest absolute Gasteiger partial charge is 0.243 e. The van der Waals surface area contributed by atoms with Gasteiger partial charge in [0.15, 0.2) is 0 Å². The lowest BCUT2D eigenvalue weighted by Crippen LogP contribution is -2.22. The van der Waals surface area contributed by atoms with E-state index in [1.165, 1.54) is 18.2 Å². The molecule has 0 aromatic heterocycles. The highest BCUT2D eigenvalue weighted by Gasteiger charge is 2.12. The molecule has 0 aliphatic carbocycles. The molecule has 11 heteroatoms. The van der Waals surface area contributed by atoms with Gasteiger partial charge in [0.2, 0.25) is 15.9 Å². The van der Waals surface area contributed by atoms with Crippen LogP contribution in [0, 0.1) is 0 Å². The summed E-state index contributed by atoms with van der Waals surface area (Å²) in [6, 6.07) is 37.4. The highest BCUT2D eigenvalue weighted by atomic mass is 35.5. The fourth-order valence-corrected chi connectivity index (χ4v) is 4.48. The third-order valence-corrected chi connectivity index (χ3v) is 6.87. The predicted molar refractivity (Wildman–Crippen MR) is 197 cm³/mol. The zero-order chi connectivity index (χ0) is 30.7. The Morgan fingerprint density at radius 2 is 1.17 bits per heavy atom. The van der Waals surface area contributed by atoms with Crippen LogP contribution in [0.3, 0.4) is 0 Å². The molecule has 0 aliphatic heterocycles. The van der Waals surface area contributed by atoms with Crippen LogP contribution in [0.15, 0.2) is 132 Å². The second kappa shape index (κ2) is 20.2. The van der Waals surface area contributed by atoms with Crippen LogP contribution in [0.4, 0.5) is 17.1 Å². The topological polar surface area (TPSA) is 146 Å². The number of hydrogen-bond acceptors (Lipinski definition) is 7. The molecule has 0 spiro atoms. The number of hydrogen-bond donors (Lipinski definition) is 4. The number of carbonyl (C=O) groups is 1. The molecule has 0 bridgehead atoms. The maximum absolute atomic E-state index is 12.2. The maximum Gasteiger partial charge on any atom is 0.243 e. The van der Waals surface area contributed by atoms with Crippen molar-refractivity contribution < 1.29 is 22.7 Å². The number of carbonyl (C=O) groups excluding carboxylic acids is 1. The Balaban J connectivity index is 0.00000100. The van der Waals surface area contributed by atoms with Gasteiger partial charge in [-0.25, -0.2) is 13.6 Å². The average Bonchev–Trinajstić information content (AvgIpc) is 2.98. The number of halogens is 1. The summed E-state index contributed by atoms with van der Waals surface area (Å²) in [5.74, 6) is 2.56. The largest absolute Gasteiger partial charge is 0.457 e. The van der Waals surface area contributed by atoms with Gasteiger partial charge in [0.25, 0.3) is 0 Å². The van der Waals surface area contributed by atoms with Crippen LogP contribution in [-0.2, 0) is 14.8 Å². The van der Waals surface area contributed by atoms with Gasteiger partial charge in [-0.1, -0.05) is 89.8 Å². The summed E-state index contributed by atoms with van der Waals surface area (Å²) in [7, 11) is -3.86. The van der Waals surface area contributed by atoms with E-state index in [-0.39, 0.29) is 57.8 Å². The monoisotopic (exact) mass is 680 g/mol. The van der Waals surface area contributed by atoms with Gasteiger partial charge in [-0.3, -0.25) is 4.79 Å². The van der Waals surface area contributed by atoms with Crippen LogP contribution in [0.25, 0.3) is 0 Å². The van der Waals surface area contributed by atoms with E-state index in [1.54, 1.807) is 24.3 Å².